The Morgan fingerprint density at radius 3 is 2.46 bits per heavy atom. The Bertz CT molecular complexity index is 778. The van der Waals surface area contributed by atoms with E-state index in [1.54, 1.807) is 6.07 Å². The minimum Gasteiger partial charge on any atom is -0.481 e. The summed E-state index contributed by atoms with van der Waals surface area (Å²) in [6.45, 7) is 3.75. The summed E-state index contributed by atoms with van der Waals surface area (Å²) in [4.78, 5) is 11.8. The molecule has 7 heteroatoms. The van der Waals surface area contributed by atoms with Crippen molar-refractivity contribution in [3.8, 4) is 0 Å². The predicted molar refractivity (Wildman–Crippen MR) is 94.9 cm³/mol. The smallest absolute Gasteiger partial charge is 0.303 e. The quantitative estimate of drug-likeness (QED) is 0.751. The first-order valence-electron chi connectivity index (χ1n) is 7.63. The van der Waals surface area contributed by atoms with E-state index in [4.69, 9.17) is 5.11 Å². The van der Waals surface area contributed by atoms with Gasteiger partial charge in [-0.1, -0.05) is 30.3 Å². The van der Waals surface area contributed by atoms with Gasteiger partial charge in [-0.15, -0.1) is 11.3 Å². The largest absolute Gasteiger partial charge is 0.481 e. The summed E-state index contributed by atoms with van der Waals surface area (Å²) in [5, 5.41) is 8.91. The van der Waals surface area contributed by atoms with Crippen LogP contribution in [0, 0.1) is 13.8 Å². The zero-order chi connectivity index (χ0) is 17.7. The summed E-state index contributed by atoms with van der Waals surface area (Å²) >= 11 is 1.23. The number of carboxylic acid groups (broad SMARTS) is 1. The van der Waals surface area contributed by atoms with Crippen LogP contribution < -0.4 is 4.72 Å². The second-order valence-electron chi connectivity index (χ2n) is 5.74. The van der Waals surface area contributed by atoms with Gasteiger partial charge in [-0.2, -0.15) is 0 Å². The van der Waals surface area contributed by atoms with E-state index < -0.39 is 22.0 Å². The number of hydrogen-bond acceptors (Lipinski definition) is 4. The number of hydrogen-bond donors (Lipinski definition) is 2. The monoisotopic (exact) mass is 367 g/mol. The molecule has 0 aliphatic heterocycles. The van der Waals surface area contributed by atoms with Crippen molar-refractivity contribution in [1.29, 1.82) is 0 Å². The van der Waals surface area contributed by atoms with Crippen molar-refractivity contribution in [1.82, 2.24) is 4.72 Å². The lowest BCUT2D eigenvalue weighted by Crippen LogP contribution is -2.36. The Balaban J connectivity index is 2.18. The average molecular weight is 367 g/mol. The summed E-state index contributed by atoms with van der Waals surface area (Å²) in [7, 11) is -3.65. The molecule has 0 saturated carbocycles. The Kier molecular flexibility index (Phi) is 6.15. The van der Waals surface area contributed by atoms with Crippen molar-refractivity contribution in [2.75, 3.05) is 0 Å². The maximum absolute atomic E-state index is 12.6. The van der Waals surface area contributed by atoms with Crippen LogP contribution in [0.25, 0.3) is 0 Å². The van der Waals surface area contributed by atoms with Gasteiger partial charge < -0.3 is 5.11 Å². The first-order valence-corrected chi connectivity index (χ1v) is 9.93. The molecule has 24 heavy (non-hydrogen) atoms. The lowest BCUT2D eigenvalue weighted by atomic mass is 10.0. The molecule has 2 rings (SSSR count). The van der Waals surface area contributed by atoms with Crippen molar-refractivity contribution < 1.29 is 18.3 Å². The maximum atomic E-state index is 12.6. The van der Waals surface area contributed by atoms with Crippen LogP contribution in [0.2, 0.25) is 0 Å². The van der Waals surface area contributed by atoms with Crippen molar-refractivity contribution in [3.05, 3.63) is 52.4 Å². The maximum Gasteiger partial charge on any atom is 0.303 e. The first-order chi connectivity index (χ1) is 11.3. The Hall–Kier alpha value is -1.70. The molecule has 0 bridgehead atoms. The van der Waals surface area contributed by atoms with Gasteiger partial charge >= 0.3 is 5.97 Å². The van der Waals surface area contributed by atoms with Crippen LogP contribution in [-0.4, -0.2) is 25.5 Å². The van der Waals surface area contributed by atoms with Gasteiger partial charge in [-0.25, -0.2) is 13.1 Å². The first kappa shape index (κ1) is 18.6. The highest BCUT2D eigenvalue weighted by Gasteiger charge is 2.23. The number of rotatable bonds is 8. The lowest BCUT2D eigenvalue weighted by Gasteiger charge is -2.17. The summed E-state index contributed by atoms with van der Waals surface area (Å²) in [5.74, 6) is -0.935. The van der Waals surface area contributed by atoms with E-state index in [1.807, 2.05) is 44.2 Å². The second kappa shape index (κ2) is 7.92. The molecule has 0 saturated heterocycles. The fraction of sp³-hybridized carbons (Fsp3) is 0.353. The molecule has 0 fully saturated rings. The van der Waals surface area contributed by atoms with Gasteiger partial charge in [0.25, 0.3) is 0 Å². The van der Waals surface area contributed by atoms with Gasteiger partial charge in [0.2, 0.25) is 10.0 Å². The van der Waals surface area contributed by atoms with Gasteiger partial charge in [0.15, 0.2) is 0 Å². The molecule has 1 atom stereocenters. The van der Waals surface area contributed by atoms with Gasteiger partial charge in [-0.05, 0) is 43.9 Å². The average Bonchev–Trinajstić information content (AvgIpc) is 2.86. The number of thiophene rings is 1. The zero-order valence-electron chi connectivity index (χ0n) is 13.7. The molecule has 2 N–H and O–H groups in total. The van der Waals surface area contributed by atoms with Gasteiger partial charge in [0.1, 0.15) is 4.21 Å². The van der Waals surface area contributed by atoms with Crippen LogP contribution in [0.4, 0.5) is 0 Å². The fourth-order valence-corrected chi connectivity index (χ4v) is 5.15. The number of sulfonamides is 1. The molecule has 2 aromatic rings. The van der Waals surface area contributed by atoms with Crippen LogP contribution in [0.5, 0.6) is 0 Å². The summed E-state index contributed by atoms with van der Waals surface area (Å²) < 4.78 is 28.1. The highest BCUT2D eigenvalue weighted by atomic mass is 32.2. The third-order valence-corrected chi connectivity index (χ3v) is 6.91. The molecule has 1 aromatic carbocycles. The third kappa shape index (κ3) is 5.15. The number of aliphatic carboxylic acids is 1. The molecule has 0 spiro atoms. The van der Waals surface area contributed by atoms with Crippen LogP contribution in [0.1, 0.15) is 28.8 Å². The standard InChI is InChI=1S/C17H21NO4S2/c1-12-10-17(23-13(12)2)24(21,22)18-15(8-9-16(19)20)11-14-6-4-3-5-7-14/h3-7,10,15,18H,8-9,11H2,1-2H3,(H,19,20). The number of aryl methyl sites for hydroxylation is 2. The van der Waals surface area contributed by atoms with E-state index >= 15 is 0 Å². The molecule has 5 nitrogen and oxygen atoms in total. The Labute approximate surface area is 146 Å². The van der Waals surface area contributed by atoms with Gasteiger partial charge in [0, 0.05) is 17.3 Å². The zero-order valence-corrected chi connectivity index (χ0v) is 15.3. The molecular formula is C17H21NO4S2. The van der Waals surface area contributed by atoms with Crippen molar-refractivity contribution in [3.63, 3.8) is 0 Å². The van der Waals surface area contributed by atoms with Crippen molar-refractivity contribution >= 4 is 27.3 Å². The summed E-state index contributed by atoms with van der Waals surface area (Å²) in [5.41, 5.74) is 1.90. The SMILES string of the molecule is Cc1cc(S(=O)(=O)NC(CCC(=O)O)Cc2ccccc2)sc1C. The van der Waals surface area contributed by atoms with E-state index in [2.05, 4.69) is 4.72 Å². The number of nitrogens with one attached hydrogen (secondary N) is 1. The van der Waals surface area contributed by atoms with Crippen molar-refractivity contribution in [2.45, 2.75) is 43.4 Å². The Morgan fingerprint density at radius 2 is 1.92 bits per heavy atom. The fourth-order valence-electron chi connectivity index (χ4n) is 2.35. The molecule has 1 aromatic heterocycles. The predicted octanol–water partition coefficient (Wildman–Crippen LogP) is 3.12. The van der Waals surface area contributed by atoms with Crippen LogP contribution in [0.15, 0.2) is 40.6 Å². The normalized spacial score (nSPS) is 12.9. The van der Waals surface area contributed by atoms with E-state index in [1.165, 1.54) is 11.3 Å². The highest BCUT2D eigenvalue weighted by Crippen LogP contribution is 2.25. The van der Waals surface area contributed by atoms with E-state index in [0.29, 0.717) is 6.42 Å². The number of carbonyl (C=O) groups is 1. The second-order valence-corrected chi connectivity index (χ2v) is 8.94. The minimum absolute atomic E-state index is 0.0808. The van der Waals surface area contributed by atoms with Gasteiger partial charge in [0.05, 0.1) is 0 Å². The highest BCUT2D eigenvalue weighted by molar-refractivity contribution is 7.91. The van der Waals surface area contributed by atoms with Crippen LogP contribution >= 0.6 is 11.3 Å². The summed E-state index contributed by atoms with van der Waals surface area (Å²) in [6, 6.07) is 10.6. The molecule has 1 unspecified atom stereocenters. The molecule has 0 radical (unpaired) electrons. The summed E-state index contributed by atoms with van der Waals surface area (Å²) in [6.07, 6.45) is 0.617. The van der Waals surface area contributed by atoms with Crippen LogP contribution in [0.3, 0.4) is 0 Å². The molecule has 0 aliphatic rings. The molecule has 1 heterocycles. The third-order valence-electron chi connectivity index (χ3n) is 3.76. The topological polar surface area (TPSA) is 83.5 Å². The molecular weight excluding hydrogens is 346 g/mol. The Morgan fingerprint density at radius 1 is 1.25 bits per heavy atom. The molecule has 130 valence electrons. The lowest BCUT2D eigenvalue weighted by molar-refractivity contribution is -0.137. The minimum atomic E-state index is -3.65. The van der Waals surface area contributed by atoms with Crippen LogP contribution in [-0.2, 0) is 21.2 Å². The molecule has 0 aliphatic carbocycles. The van der Waals surface area contributed by atoms with E-state index in [0.717, 1.165) is 16.0 Å². The molecule has 0 amide bonds. The van der Waals surface area contributed by atoms with Gasteiger partial charge in [-0.3, -0.25) is 4.79 Å². The van der Waals surface area contributed by atoms with E-state index in [9.17, 15) is 13.2 Å². The van der Waals surface area contributed by atoms with Crippen molar-refractivity contribution in [2.24, 2.45) is 0 Å². The van der Waals surface area contributed by atoms with E-state index in [-0.39, 0.29) is 17.1 Å². The number of carboxylic acids is 1. The number of benzene rings is 1.